The van der Waals surface area contributed by atoms with Crippen molar-refractivity contribution in [1.82, 2.24) is 4.98 Å². The van der Waals surface area contributed by atoms with Crippen molar-refractivity contribution < 1.29 is 9.90 Å². The molecule has 0 atom stereocenters. The number of hydrogen-bond acceptors (Lipinski definition) is 2. The highest BCUT2D eigenvalue weighted by Gasteiger charge is 2.22. The van der Waals surface area contributed by atoms with E-state index in [2.05, 4.69) is 4.98 Å². The average molecular weight is 242 g/mol. The van der Waals surface area contributed by atoms with Gasteiger partial charge in [0.05, 0.1) is 0 Å². The highest BCUT2D eigenvalue weighted by molar-refractivity contribution is 6.32. The molecule has 1 aromatic rings. The molecule has 0 aliphatic carbocycles. The van der Waals surface area contributed by atoms with Crippen molar-refractivity contribution in [3.63, 3.8) is 0 Å². The van der Waals surface area contributed by atoms with Gasteiger partial charge in [-0.05, 0) is 23.0 Å². The van der Waals surface area contributed by atoms with E-state index in [-0.39, 0.29) is 22.6 Å². The van der Waals surface area contributed by atoms with Crippen LogP contribution in [0.3, 0.4) is 0 Å². The van der Waals surface area contributed by atoms with Gasteiger partial charge in [-0.1, -0.05) is 39.3 Å². The minimum Gasteiger partial charge on any atom is -0.478 e. The van der Waals surface area contributed by atoms with Gasteiger partial charge < -0.3 is 5.11 Å². The predicted molar refractivity (Wildman–Crippen MR) is 64.4 cm³/mol. The fourth-order valence-corrected chi connectivity index (χ4v) is 2.03. The normalized spacial score (nSPS) is 11.2. The summed E-state index contributed by atoms with van der Waals surface area (Å²) in [6, 6.07) is 0. The molecule has 0 bridgehead atoms. The molecule has 0 radical (unpaired) electrons. The summed E-state index contributed by atoms with van der Waals surface area (Å²) < 4.78 is 0. The van der Waals surface area contributed by atoms with Crippen molar-refractivity contribution in [2.45, 2.75) is 39.5 Å². The zero-order valence-corrected chi connectivity index (χ0v) is 10.7. The summed E-state index contributed by atoms with van der Waals surface area (Å²) in [5.74, 6) is -0.659. The molecule has 0 fully saturated rings. The zero-order valence-electron chi connectivity index (χ0n) is 9.91. The Balaban J connectivity index is 3.56. The van der Waals surface area contributed by atoms with Crippen LogP contribution in [-0.2, 0) is 0 Å². The Morgan fingerprint density at radius 2 is 1.88 bits per heavy atom. The molecule has 0 saturated carbocycles. The van der Waals surface area contributed by atoms with Crippen molar-refractivity contribution in [2.24, 2.45) is 0 Å². The van der Waals surface area contributed by atoms with Crippen LogP contribution in [0, 0.1) is 0 Å². The van der Waals surface area contributed by atoms with Crippen LogP contribution >= 0.6 is 11.6 Å². The summed E-state index contributed by atoms with van der Waals surface area (Å²) in [4.78, 5) is 15.1. The average Bonchev–Trinajstić information content (AvgIpc) is 2.15. The molecule has 1 aromatic heterocycles. The van der Waals surface area contributed by atoms with E-state index in [1.807, 2.05) is 27.7 Å². The number of carboxylic acid groups (broad SMARTS) is 1. The standard InChI is InChI=1S/C12H16ClNO2/c1-6(2)8-5-14-11(13)10(12(15)16)9(8)7(3)4/h5-7H,1-4H3,(H,15,16). The van der Waals surface area contributed by atoms with E-state index in [0.29, 0.717) is 0 Å². The molecule has 88 valence electrons. The van der Waals surface area contributed by atoms with Gasteiger partial charge in [-0.3, -0.25) is 0 Å². The lowest BCUT2D eigenvalue weighted by Crippen LogP contribution is -2.11. The molecule has 4 heteroatoms. The smallest absolute Gasteiger partial charge is 0.339 e. The molecule has 1 N–H and O–H groups in total. The lowest BCUT2D eigenvalue weighted by Gasteiger charge is -2.18. The van der Waals surface area contributed by atoms with Crippen molar-refractivity contribution in [3.8, 4) is 0 Å². The summed E-state index contributed by atoms with van der Waals surface area (Å²) in [7, 11) is 0. The number of carbonyl (C=O) groups is 1. The quantitative estimate of drug-likeness (QED) is 0.822. The molecule has 0 aromatic carbocycles. The second kappa shape index (κ2) is 4.83. The van der Waals surface area contributed by atoms with E-state index in [9.17, 15) is 9.90 Å². The van der Waals surface area contributed by atoms with Crippen LogP contribution in [0.2, 0.25) is 5.15 Å². The van der Waals surface area contributed by atoms with Gasteiger partial charge in [0.1, 0.15) is 10.7 Å². The molecule has 0 spiro atoms. The summed E-state index contributed by atoms with van der Waals surface area (Å²) in [5.41, 5.74) is 1.89. The second-order valence-electron chi connectivity index (χ2n) is 4.41. The molecule has 0 amide bonds. The van der Waals surface area contributed by atoms with E-state index < -0.39 is 5.97 Å². The molecular formula is C12H16ClNO2. The fraction of sp³-hybridized carbons (Fsp3) is 0.500. The number of hydrogen-bond donors (Lipinski definition) is 1. The van der Waals surface area contributed by atoms with E-state index in [4.69, 9.17) is 11.6 Å². The van der Waals surface area contributed by atoms with Crippen molar-refractivity contribution in [2.75, 3.05) is 0 Å². The molecule has 0 aliphatic heterocycles. The maximum atomic E-state index is 11.2. The summed E-state index contributed by atoms with van der Waals surface area (Å²) >= 11 is 5.85. The third kappa shape index (κ3) is 2.35. The van der Waals surface area contributed by atoms with Crippen LogP contribution in [0.15, 0.2) is 6.20 Å². The molecule has 3 nitrogen and oxygen atoms in total. The lowest BCUT2D eigenvalue weighted by molar-refractivity contribution is 0.0695. The maximum absolute atomic E-state index is 11.2. The van der Waals surface area contributed by atoms with Gasteiger partial charge in [0.2, 0.25) is 0 Å². The van der Waals surface area contributed by atoms with E-state index in [1.165, 1.54) is 0 Å². The van der Waals surface area contributed by atoms with Crippen molar-refractivity contribution >= 4 is 17.6 Å². The number of aromatic nitrogens is 1. The largest absolute Gasteiger partial charge is 0.478 e. The van der Waals surface area contributed by atoms with E-state index >= 15 is 0 Å². The SMILES string of the molecule is CC(C)c1cnc(Cl)c(C(=O)O)c1C(C)C. The number of nitrogens with zero attached hydrogens (tertiary/aromatic N) is 1. The Morgan fingerprint density at radius 3 is 2.25 bits per heavy atom. The first-order valence-corrected chi connectivity index (χ1v) is 5.65. The van der Waals surface area contributed by atoms with Gasteiger partial charge in [-0.2, -0.15) is 0 Å². The summed E-state index contributed by atoms with van der Waals surface area (Å²) in [6.07, 6.45) is 1.68. The van der Waals surface area contributed by atoms with Crippen molar-refractivity contribution in [3.05, 3.63) is 28.0 Å². The summed E-state index contributed by atoms with van der Waals surface area (Å²) in [6.45, 7) is 7.96. The zero-order chi connectivity index (χ0) is 12.5. The first-order chi connectivity index (χ1) is 7.36. The number of pyridine rings is 1. The Hall–Kier alpha value is -1.09. The maximum Gasteiger partial charge on any atom is 0.339 e. The second-order valence-corrected chi connectivity index (χ2v) is 4.77. The van der Waals surface area contributed by atoms with Gasteiger partial charge in [0.25, 0.3) is 0 Å². The molecule has 0 aliphatic rings. The molecule has 0 saturated heterocycles. The molecule has 1 heterocycles. The first kappa shape index (κ1) is 13.0. The highest BCUT2D eigenvalue weighted by atomic mass is 35.5. The van der Waals surface area contributed by atoms with Gasteiger partial charge in [0, 0.05) is 6.20 Å². The van der Waals surface area contributed by atoms with Crippen LogP contribution in [0.25, 0.3) is 0 Å². The van der Waals surface area contributed by atoms with Crippen LogP contribution in [0.1, 0.15) is 61.0 Å². The van der Waals surface area contributed by atoms with Crippen molar-refractivity contribution in [1.29, 1.82) is 0 Å². The summed E-state index contributed by atoms with van der Waals surface area (Å²) in [5, 5.41) is 9.25. The predicted octanol–water partition coefficient (Wildman–Crippen LogP) is 3.68. The lowest BCUT2D eigenvalue weighted by atomic mass is 9.89. The molecular weight excluding hydrogens is 226 g/mol. The Morgan fingerprint density at radius 1 is 1.31 bits per heavy atom. The molecule has 0 unspecified atom stereocenters. The monoisotopic (exact) mass is 241 g/mol. The minimum absolute atomic E-state index is 0.0700. The number of carboxylic acids is 1. The molecule has 16 heavy (non-hydrogen) atoms. The third-order valence-corrected chi connectivity index (χ3v) is 2.80. The van der Waals surface area contributed by atoms with Crippen LogP contribution in [-0.4, -0.2) is 16.1 Å². The minimum atomic E-state index is -1.01. The van der Waals surface area contributed by atoms with Crippen LogP contribution in [0.5, 0.6) is 0 Å². The Kier molecular flexibility index (Phi) is 3.92. The Bertz CT molecular complexity index is 414. The molecule has 1 rings (SSSR count). The topological polar surface area (TPSA) is 50.2 Å². The first-order valence-electron chi connectivity index (χ1n) is 5.27. The van der Waals surface area contributed by atoms with E-state index in [1.54, 1.807) is 6.20 Å². The van der Waals surface area contributed by atoms with Crippen LogP contribution < -0.4 is 0 Å². The number of rotatable bonds is 3. The van der Waals surface area contributed by atoms with Gasteiger partial charge in [-0.25, -0.2) is 9.78 Å². The van der Waals surface area contributed by atoms with Gasteiger partial charge in [0.15, 0.2) is 0 Å². The highest BCUT2D eigenvalue weighted by Crippen LogP contribution is 2.31. The Labute approximate surface area is 100 Å². The third-order valence-electron chi connectivity index (χ3n) is 2.52. The van der Waals surface area contributed by atoms with Gasteiger partial charge in [-0.15, -0.1) is 0 Å². The van der Waals surface area contributed by atoms with Crippen LogP contribution in [0.4, 0.5) is 0 Å². The van der Waals surface area contributed by atoms with E-state index in [0.717, 1.165) is 11.1 Å². The number of aromatic carboxylic acids is 1. The number of halogens is 1. The van der Waals surface area contributed by atoms with Gasteiger partial charge >= 0.3 is 5.97 Å². The fourth-order valence-electron chi connectivity index (χ4n) is 1.80.